The molecule has 124 valence electrons. The molecule has 1 aromatic rings. The summed E-state index contributed by atoms with van der Waals surface area (Å²) in [5.41, 5.74) is 0. The summed E-state index contributed by atoms with van der Waals surface area (Å²) in [6, 6.07) is 6.98. The molecule has 7 heteroatoms. The van der Waals surface area contributed by atoms with Crippen molar-refractivity contribution in [3.63, 3.8) is 0 Å². The smallest absolute Gasteiger partial charge is 0.324 e. The second kappa shape index (κ2) is 8.87. The molecule has 1 N–H and O–H groups in total. The van der Waals surface area contributed by atoms with Crippen LogP contribution in [0.1, 0.15) is 20.8 Å². The molecule has 0 radical (unpaired) electrons. The summed E-state index contributed by atoms with van der Waals surface area (Å²) in [6.07, 6.45) is 0. The number of ether oxygens (including phenoxy) is 2. The first-order valence-electron chi connectivity index (χ1n) is 7.20. The lowest BCUT2D eigenvalue weighted by molar-refractivity contribution is -0.148. The summed E-state index contributed by atoms with van der Waals surface area (Å²) in [5, 5.41) is 0. The topological polar surface area (TPSA) is 81.7 Å². The highest BCUT2D eigenvalue weighted by molar-refractivity contribution is 7.89. The van der Waals surface area contributed by atoms with E-state index in [2.05, 4.69) is 4.72 Å². The summed E-state index contributed by atoms with van der Waals surface area (Å²) in [6.45, 7) is 6.27. The number of rotatable bonds is 9. The predicted octanol–water partition coefficient (Wildman–Crippen LogP) is 1.57. The van der Waals surface area contributed by atoms with Gasteiger partial charge >= 0.3 is 5.97 Å². The number of hydrogen-bond acceptors (Lipinski definition) is 5. The zero-order valence-corrected chi connectivity index (χ0v) is 13.9. The standard InChI is InChI=1S/C15H23NO5S/c1-4-20-10-11-21-15(17)14(12(2)3)16-22(18,19)13-8-6-5-7-9-13/h5-9,12,14,16H,4,10-11H2,1-3H3/t14-/m1/s1. The molecule has 0 aromatic heterocycles. The average molecular weight is 329 g/mol. The molecule has 0 saturated carbocycles. The van der Waals surface area contributed by atoms with Gasteiger partial charge in [-0.05, 0) is 25.0 Å². The third-order valence-electron chi connectivity index (χ3n) is 2.93. The Morgan fingerprint density at radius 3 is 2.36 bits per heavy atom. The summed E-state index contributed by atoms with van der Waals surface area (Å²) in [7, 11) is -3.77. The molecule has 22 heavy (non-hydrogen) atoms. The van der Waals surface area contributed by atoms with Gasteiger partial charge in [-0.2, -0.15) is 4.72 Å². The van der Waals surface area contributed by atoms with E-state index in [0.29, 0.717) is 13.2 Å². The Balaban J connectivity index is 2.74. The van der Waals surface area contributed by atoms with Crippen molar-refractivity contribution in [2.75, 3.05) is 19.8 Å². The normalized spacial score (nSPS) is 13.1. The SMILES string of the molecule is CCOCCOC(=O)[C@H](NS(=O)(=O)c1ccccc1)C(C)C. The Morgan fingerprint density at radius 2 is 1.82 bits per heavy atom. The Bertz CT molecular complexity index is 557. The van der Waals surface area contributed by atoms with Crippen molar-refractivity contribution < 1.29 is 22.7 Å². The quantitative estimate of drug-likeness (QED) is 0.549. The van der Waals surface area contributed by atoms with E-state index in [4.69, 9.17) is 9.47 Å². The van der Waals surface area contributed by atoms with E-state index >= 15 is 0 Å². The Hall–Kier alpha value is -1.44. The molecule has 1 atom stereocenters. The first kappa shape index (κ1) is 18.6. The Kier molecular flexibility index (Phi) is 7.50. The van der Waals surface area contributed by atoms with Gasteiger partial charge in [0.2, 0.25) is 10.0 Å². The van der Waals surface area contributed by atoms with Crippen molar-refractivity contribution in [1.29, 1.82) is 0 Å². The minimum absolute atomic E-state index is 0.100. The maximum absolute atomic E-state index is 12.3. The van der Waals surface area contributed by atoms with E-state index in [1.807, 2.05) is 6.92 Å². The molecule has 0 aliphatic heterocycles. The van der Waals surface area contributed by atoms with Gasteiger partial charge in [0.1, 0.15) is 12.6 Å². The molecule has 0 aliphatic rings. The molecule has 6 nitrogen and oxygen atoms in total. The first-order valence-corrected chi connectivity index (χ1v) is 8.68. The van der Waals surface area contributed by atoms with Crippen LogP contribution in [0.5, 0.6) is 0 Å². The van der Waals surface area contributed by atoms with Crippen LogP contribution in [0.4, 0.5) is 0 Å². The maximum atomic E-state index is 12.3. The van der Waals surface area contributed by atoms with Gasteiger partial charge in [-0.25, -0.2) is 8.42 Å². The molecule has 1 aromatic carbocycles. The number of nitrogens with one attached hydrogen (secondary N) is 1. The van der Waals surface area contributed by atoms with Crippen molar-refractivity contribution in [2.45, 2.75) is 31.7 Å². The molecule has 1 rings (SSSR count). The number of sulfonamides is 1. The van der Waals surface area contributed by atoms with Crippen LogP contribution in [0, 0.1) is 5.92 Å². The molecule has 0 heterocycles. The minimum atomic E-state index is -3.77. The number of esters is 1. The highest BCUT2D eigenvalue weighted by atomic mass is 32.2. The van der Waals surface area contributed by atoms with Gasteiger partial charge in [0.15, 0.2) is 0 Å². The van der Waals surface area contributed by atoms with Gasteiger partial charge in [0, 0.05) is 6.61 Å². The lowest BCUT2D eigenvalue weighted by Gasteiger charge is -2.20. The number of carbonyl (C=O) groups excluding carboxylic acids is 1. The second-order valence-electron chi connectivity index (χ2n) is 5.02. The lowest BCUT2D eigenvalue weighted by atomic mass is 10.1. The van der Waals surface area contributed by atoms with Crippen LogP contribution in [0.3, 0.4) is 0 Å². The maximum Gasteiger partial charge on any atom is 0.324 e. The van der Waals surface area contributed by atoms with E-state index in [9.17, 15) is 13.2 Å². The number of carbonyl (C=O) groups is 1. The largest absolute Gasteiger partial charge is 0.462 e. The van der Waals surface area contributed by atoms with Crippen molar-refractivity contribution in [3.05, 3.63) is 30.3 Å². The highest BCUT2D eigenvalue weighted by Crippen LogP contribution is 2.12. The molecule has 0 fully saturated rings. The van der Waals surface area contributed by atoms with Crippen molar-refractivity contribution in [3.8, 4) is 0 Å². The zero-order chi connectivity index (χ0) is 16.6. The molecule has 0 saturated heterocycles. The zero-order valence-electron chi connectivity index (χ0n) is 13.1. The van der Waals surface area contributed by atoms with E-state index in [-0.39, 0.29) is 17.4 Å². The third-order valence-corrected chi connectivity index (χ3v) is 4.39. The van der Waals surface area contributed by atoms with E-state index in [1.165, 1.54) is 12.1 Å². The van der Waals surface area contributed by atoms with Crippen LogP contribution in [-0.2, 0) is 24.3 Å². The molecule has 0 aliphatic carbocycles. The van der Waals surface area contributed by atoms with Crippen molar-refractivity contribution in [2.24, 2.45) is 5.92 Å². The van der Waals surface area contributed by atoms with Crippen LogP contribution in [0.25, 0.3) is 0 Å². The van der Waals surface area contributed by atoms with Crippen LogP contribution in [-0.4, -0.2) is 40.2 Å². The lowest BCUT2D eigenvalue weighted by Crippen LogP contribution is -2.45. The molecule has 0 bridgehead atoms. The molecule has 0 amide bonds. The Labute approximate surface area is 131 Å². The van der Waals surface area contributed by atoms with Crippen molar-refractivity contribution >= 4 is 16.0 Å². The molecular weight excluding hydrogens is 306 g/mol. The molecule has 0 unspecified atom stereocenters. The fourth-order valence-electron chi connectivity index (χ4n) is 1.73. The number of hydrogen-bond donors (Lipinski definition) is 1. The van der Waals surface area contributed by atoms with Gasteiger partial charge < -0.3 is 9.47 Å². The minimum Gasteiger partial charge on any atom is -0.462 e. The second-order valence-corrected chi connectivity index (χ2v) is 6.73. The van der Waals surface area contributed by atoms with Crippen LogP contribution in [0.15, 0.2) is 35.2 Å². The molecular formula is C15H23NO5S. The fourth-order valence-corrected chi connectivity index (χ4v) is 3.08. The summed E-state index contributed by atoms with van der Waals surface area (Å²) < 4.78 is 37.1. The fraction of sp³-hybridized carbons (Fsp3) is 0.533. The van der Waals surface area contributed by atoms with Gasteiger partial charge in [0.05, 0.1) is 11.5 Å². The summed E-state index contributed by atoms with van der Waals surface area (Å²) >= 11 is 0. The van der Waals surface area contributed by atoms with E-state index < -0.39 is 22.0 Å². The van der Waals surface area contributed by atoms with E-state index in [1.54, 1.807) is 32.0 Å². The van der Waals surface area contributed by atoms with Gasteiger partial charge in [-0.1, -0.05) is 32.0 Å². The van der Waals surface area contributed by atoms with Gasteiger partial charge in [-0.15, -0.1) is 0 Å². The van der Waals surface area contributed by atoms with Gasteiger partial charge in [0.25, 0.3) is 0 Å². The third kappa shape index (κ3) is 5.75. The summed E-state index contributed by atoms with van der Waals surface area (Å²) in [4.78, 5) is 12.2. The number of benzene rings is 1. The molecule has 0 spiro atoms. The average Bonchev–Trinajstić information content (AvgIpc) is 2.49. The van der Waals surface area contributed by atoms with Crippen LogP contribution in [0.2, 0.25) is 0 Å². The van der Waals surface area contributed by atoms with Crippen molar-refractivity contribution in [1.82, 2.24) is 4.72 Å². The first-order chi connectivity index (χ1) is 10.4. The monoisotopic (exact) mass is 329 g/mol. The Morgan fingerprint density at radius 1 is 1.18 bits per heavy atom. The van der Waals surface area contributed by atoms with Crippen LogP contribution < -0.4 is 4.72 Å². The van der Waals surface area contributed by atoms with Gasteiger partial charge in [-0.3, -0.25) is 4.79 Å². The summed E-state index contributed by atoms with van der Waals surface area (Å²) in [5.74, 6) is -0.840. The predicted molar refractivity (Wildman–Crippen MR) is 82.8 cm³/mol. The highest BCUT2D eigenvalue weighted by Gasteiger charge is 2.29. The van der Waals surface area contributed by atoms with E-state index in [0.717, 1.165) is 0 Å². The van der Waals surface area contributed by atoms with Crippen LogP contribution >= 0.6 is 0 Å².